The van der Waals surface area contributed by atoms with Gasteiger partial charge in [0.1, 0.15) is 0 Å². The van der Waals surface area contributed by atoms with Crippen molar-refractivity contribution in [1.29, 1.82) is 0 Å². The number of anilines is 1. The number of piperidine rings is 1. The van der Waals surface area contributed by atoms with E-state index in [9.17, 15) is 13.2 Å². The highest BCUT2D eigenvalue weighted by atomic mass is 32.2. The molecular weight excluding hydrogens is 354 g/mol. The number of likely N-dealkylation sites (tertiary alicyclic amines) is 1. The molecule has 2 amide bonds. The van der Waals surface area contributed by atoms with Crippen molar-refractivity contribution in [3.8, 4) is 0 Å². The van der Waals surface area contributed by atoms with E-state index in [0.717, 1.165) is 32.2 Å². The zero-order chi connectivity index (χ0) is 18.6. The Kier molecular flexibility index (Phi) is 5.58. The Bertz CT molecular complexity index is 834. The molecule has 1 fully saturated rings. The van der Waals surface area contributed by atoms with Gasteiger partial charge < -0.3 is 10.2 Å². The molecule has 0 radical (unpaired) electrons. The molecule has 0 saturated carbocycles. The number of nitrogens with one attached hydrogen (secondary N) is 1. The second kappa shape index (κ2) is 7.88. The van der Waals surface area contributed by atoms with Gasteiger partial charge in [0.25, 0.3) is 0 Å². The van der Waals surface area contributed by atoms with Crippen molar-refractivity contribution in [3.05, 3.63) is 42.7 Å². The van der Waals surface area contributed by atoms with E-state index in [1.807, 2.05) is 21.8 Å². The summed E-state index contributed by atoms with van der Waals surface area (Å²) in [6.07, 6.45) is 7.57. The van der Waals surface area contributed by atoms with Crippen LogP contribution in [0.4, 0.5) is 10.5 Å². The summed E-state index contributed by atoms with van der Waals surface area (Å²) < 4.78 is 24.5. The van der Waals surface area contributed by atoms with Crippen molar-refractivity contribution in [2.75, 3.05) is 11.9 Å². The number of nitrogens with two attached hydrogens (primary N) is 1. The van der Waals surface area contributed by atoms with Crippen LogP contribution in [0.2, 0.25) is 0 Å². The number of nitrogens with zero attached hydrogens (tertiary/aromatic N) is 3. The van der Waals surface area contributed by atoms with Crippen LogP contribution < -0.4 is 10.5 Å². The smallest absolute Gasteiger partial charge is 0.321 e. The second-order valence-corrected chi connectivity index (χ2v) is 7.96. The molecule has 1 aromatic carbocycles. The zero-order valence-corrected chi connectivity index (χ0v) is 15.2. The van der Waals surface area contributed by atoms with Crippen molar-refractivity contribution < 1.29 is 13.2 Å². The first-order chi connectivity index (χ1) is 12.4. The summed E-state index contributed by atoms with van der Waals surface area (Å²) in [5, 5.41) is 12.1. The molecule has 1 saturated heterocycles. The first-order valence-electron chi connectivity index (χ1n) is 8.61. The summed E-state index contributed by atoms with van der Waals surface area (Å²) in [6.45, 7) is 1.48. The summed E-state index contributed by atoms with van der Waals surface area (Å²) in [7, 11) is -3.74. The fourth-order valence-electron chi connectivity index (χ4n) is 3.21. The maximum absolute atomic E-state index is 12.7. The van der Waals surface area contributed by atoms with Gasteiger partial charge in [-0.3, -0.25) is 4.68 Å². The minimum Gasteiger partial charge on any atom is -0.321 e. The molecule has 0 bridgehead atoms. The maximum Gasteiger partial charge on any atom is 0.322 e. The van der Waals surface area contributed by atoms with Crippen LogP contribution in [0.1, 0.15) is 25.7 Å². The van der Waals surface area contributed by atoms with E-state index in [1.54, 1.807) is 18.3 Å². The highest BCUT2D eigenvalue weighted by Gasteiger charge is 2.26. The van der Waals surface area contributed by atoms with E-state index in [4.69, 9.17) is 5.14 Å². The van der Waals surface area contributed by atoms with Gasteiger partial charge in [0.2, 0.25) is 10.0 Å². The Labute approximate surface area is 153 Å². The van der Waals surface area contributed by atoms with Crippen LogP contribution in [0.3, 0.4) is 0 Å². The predicted molar refractivity (Wildman–Crippen MR) is 98.0 cm³/mol. The van der Waals surface area contributed by atoms with Crippen LogP contribution in [0.25, 0.3) is 0 Å². The molecule has 2 aromatic rings. The molecule has 2 heterocycles. The average Bonchev–Trinajstić information content (AvgIpc) is 3.13. The highest BCUT2D eigenvalue weighted by Crippen LogP contribution is 2.22. The lowest BCUT2D eigenvalue weighted by Gasteiger charge is -2.35. The number of hydrogen-bond donors (Lipinski definition) is 2. The number of urea groups is 1. The molecule has 1 unspecified atom stereocenters. The number of benzene rings is 1. The molecule has 1 aliphatic heterocycles. The average molecular weight is 377 g/mol. The Morgan fingerprint density at radius 2 is 2.04 bits per heavy atom. The number of hydrogen-bond acceptors (Lipinski definition) is 4. The molecule has 0 aliphatic carbocycles. The van der Waals surface area contributed by atoms with E-state index in [1.165, 1.54) is 12.1 Å². The first kappa shape index (κ1) is 18.4. The van der Waals surface area contributed by atoms with E-state index < -0.39 is 10.0 Å². The Balaban J connectivity index is 1.62. The fraction of sp³-hybridized carbons (Fsp3) is 0.412. The minimum atomic E-state index is -3.74. The lowest BCUT2D eigenvalue weighted by atomic mass is 10.00. The van der Waals surface area contributed by atoms with Gasteiger partial charge in [0, 0.05) is 37.2 Å². The number of aromatic nitrogens is 2. The van der Waals surface area contributed by atoms with Crippen LogP contribution >= 0.6 is 0 Å². The Hall–Kier alpha value is -2.39. The minimum absolute atomic E-state index is 0.0190. The molecule has 1 aromatic heterocycles. The van der Waals surface area contributed by atoms with Crippen LogP contribution in [0.15, 0.2) is 47.6 Å². The third kappa shape index (κ3) is 4.61. The number of aryl methyl sites for hydroxylation is 1. The summed E-state index contributed by atoms with van der Waals surface area (Å²) in [6, 6.07) is 7.74. The third-order valence-corrected chi connectivity index (χ3v) is 5.50. The molecule has 140 valence electrons. The molecule has 1 atom stereocenters. The molecule has 3 N–H and O–H groups in total. The summed E-state index contributed by atoms with van der Waals surface area (Å²) in [5.74, 6) is 0. The topological polar surface area (TPSA) is 110 Å². The summed E-state index contributed by atoms with van der Waals surface area (Å²) in [4.78, 5) is 14.6. The molecule has 0 spiro atoms. The number of rotatable bonds is 5. The van der Waals surface area contributed by atoms with E-state index >= 15 is 0 Å². The largest absolute Gasteiger partial charge is 0.322 e. The molecule has 9 heteroatoms. The quantitative estimate of drug-likeness (QED) is 0.830. The molecule has 3 rings (SSSR count). The van der Waals surface area contributed by atoms with Crippen LogP contribution in [0, 0.1) is 0 Å². The normalized spacial score (nSPS) is 17.9. The summed E-state index contributed by atoms with van der Waals surface area (Å²) in [5.41, 5.74) is 0.541. The lowest BCUT2D eigenvalue weighted by molar-refractivity contribution is 0.154. The van der Waals surface area contributed by atoms with Crippen molar-refractivity contribution in [2.24, 2.45) is 5.14 Å². The standard InChI is InChI=1S/C17H23N5O3S/c18-26(24,25)16-7-5-14(6-8-16)20-17(23)22-12-2-1-4-15(22)9-13-21-11-3-10-19-21/h3,5-8,10-11,15H,1-2,4,9,12-13H2,(H,20,23)(H2,18,24,25). The second-order valence-electron chi connectivity index (χ2n) is 6.40. The fourth-order valence-corrected chi connectivity index (χ4v) is 3.72. The van der Waals surface area contributed by atoms with Gasteiger partial charge in [0.05, 0.1) is 4.90 Å². The van der Waals surface area contributed by atoms with Crippen molar-refractivity contribution >= 4 is 21.7 Å². The predicted octanol–water partition coefficient (Wildman–Crippen LogP) is 2.01. The number of sulfonamides is 1. The van der Waals surface area contributed by atoms with Crippen molar-refractivity contribution in [1.82, 2.24) is 14.7 Å². The Morgan fingerprint density at radius 1 is 1.27 bits per heavy atom. The van der Waals surface area contributed by atoms with Crippen LogP contribution in [-0.4, -0.2) is 41.7 Å². The summed E-state index contributed by atoms with van der Waals surface area (Å²) >= 11 is 0. The molecule has 8 nitrogen and oxygen atoms in total. The van der Waals surface area contributed by atoms with Gasteiger partial charge in [-0.15, -0.1) is 0 Å². The highest BCUT2D eigenvalue weighted by molar-refractivity contribution is 7.89. The van der Waals surface area contributed by atoms with Gasteiger partial charge in [-0.1, -0.05) is 0 Å². The van der Waals surface area contributed by atoms with Crippen molar-refractivity contribution in [2.45, 2.75) is 43.2 Å². The van der Waals surface area contributed by atoms with Crippen LogP contribution in [-0.2, 0) is 16.6 Å². The zero-order valence-electron chi connectivity index (χ0n) is 14.4. The van der Waals surface area contributed by atoms with Gasteiger partial charge >= 0.3 is 6.03 Å². The van der Waals surface area contributed by atoms with E-state index in [-0.39, 0.29) is 17.0 Å². The number of carbonyl (C=O) groups excluding carboxylic acids is 1. The maximum atomic E-state index is 12.7. The monoisotopic (exact) mass is 377 g/mol. The van der Waals surface area contributed by atoms with Crippen LogP contribution in [0.5, 0.6) is 0 Å². The van der Waals surface area contributed by atoms with E-state index in [2.05, 4.69) is 10.4 Å². The first-order valence-corrected chi connectivity index (χ1v) is 10.2. The molecule has 1 aliphatic rings. The Morgan fingerprint density at radius 3 is 2.69 bits per heavy atom. The number of carbonyl (C=O) groups is 1. The van der Waals surface area contributed by atoms with Gasteiger partial charge in [0.15, 0.2) is 0 Å². The van der Waals surface area contributed by atoms with Gasteiger partial charge in [-0.25, -0.2) is 18.4 Å². The number of primary sulfonamides is 1. The van der Waals surface area contributed by atoms with Gasteiger partial charge in [-0.05, 0) is 56.0 Å². The van der Waals surface area contributed by atoms with E-state index in [0.29, 0.717) is 12.2 Å². The van der Waals surface area contributed by atoms with Crippen molar-refractivity contribution in [3.63, 3.8) is 0 Å². The lowest BCUT2D eigenvalue weighted by Crippen LogP contribution is -2.46. The molecular formula is C17H23N5O3S. The SMILES string of the molecule is NS(=O)(=O)c1ccc(NC(=O)N2CCCCC2CCn2cccn2)cc1. The number of amides is 2. The molecule has 26 heavy (non-hydrogen) atoms. The third-order valence-electron chi connectivity index (χ3n) is 4.57. The van der Waals surface area contributed by atoms with Gasteiger partial charge in [-0.2, -0.15) is 5.10 Å².